The molecule has 0 spiro atoms. The first-order chi connectivity index (χ1) is 7.88. The van der Waals surface area contributed by atoms with Gasteiger partial charge in [-0.2, -0.15) is 0 Å². The Morgan fingerprint density at radius 2 is 2.00 bits per heavy atom. The van der Waals surface area contributed by atoms with Gasteiger partial charge in [-0.25, -0.2) is 0 Å². The Hall–Kier alpha value is -0.860. The van der Waals surface area contributed by atoms with Crippen molar-refractivity contribution in [3.05, 3.63) is 35.4 Å². The van der Waals surface area contributed by atoms with Gasteiger partial charge in [-0.05, 0) is 24.0 Å². The van der Waals surface area contributed by atoms with Crippen LogP contribution in [0, 0.1) is 0 Å². The lowest BCUT2D eigenvalue weighted by Crippen LogP contribution is -2.25. The van der Waals surface area contributed by atoms with Crippen molar-refractivity contribution in [1.82, 2.24) is 5.32 Å². The summed E-state index contributed by atoms with van der Waals surface area (Å²) in [6.07, 6.45) is 5.47. The van der Waals surface area contributed by atoms with Crippen LogP contribution in [0.2, 0.25) is 0 Å². The van der Waals surface area contributed by atoms with E-state index in [0.717, 1.165) is 12.6 Å². The van der Waals surface area contributed by atoms with E-state index in [1.54, 1.807) is 7.11 Å². The Bertz CT molecular complexity index is 318. The van der Waals surface area contributed by atoms with Crippen LogP contribution in [0.4, 0.5) is 0 Å². The van der Waals surface area contributed by atoms with Crippen molar-refractivity contribution in [3.63, 3.8) is 0 Å². The van der Waals surface area contributed by atoms with Crippen molar-refractivity contribution < 1.29 is 4.74 Å². The summed E-state index contributed by atoms with van der Waals surface area (Å²) in [6, 6.07) is 9.38. The minimum absolute atomic E-state index is 0.706. The van der Waals surface area contributed by atoms with E-state index in [0.29, 0.717) is 6.61 Å². The summed E-state index contributed by atoms with van der Waals surface area (Å²) in [6.45, 7) is 1.69. The molecule has 1 aromatic carbocycles. The molecule has 0 aliphatic heterocycles. The highest BCUT2D eigenvalue weighted by atomic mass is 16.5. The molecule has 0 unspecified atom stereocenters. The molecule has 1 N–H and O–H groups in total. The highest BCUT2D eigenvalue weighted by molar-refractivity contribution is 5.22. The van der Waals surface area contributed by atoms with Gasteiger partial charge < -0.3 is 10.1 Å². The van der Waals surface area contributed by atoms with Crippen molar-refractivity contribution in [1.29, 1.82) is 0 Å². The van der Waals surface area contributed by atoms with Gasteiger partial charge in [0, 0.05) is 19.7 Å². The van der Waals surface area contributed by atoms with Crippen LogP contribution in [0.5, 0.6) is 0 Å². The van der Waals surface area contributed by atoms with Gasteiger partial charge in [-0.15, -0.1) is 0 Å². The standard InChI is InChI=1S/C14H21NO/c1-16-11-13-6-4-5-12(9-13)10-15-14-7-2-3-8-14/h4-6,9,14-15H,2-3,7-8,10-11H2,1H3. The molecule has 1 fully saturated rings. The third-order valence-corrected chi connectivity index (χ3v) is 3.25. The van der Waals surface area contributed by atoms with Gasteiger partial charge in [0.1, 0.15) is 0 Å². The molecule has 1 aromatic rings. The second-order valence-electron chi connectivity index (χ2n) is 4.62. The average Bonchev–Trinajstić information content (AvgIpc) is 2.80. The molecule has 2 nitrogen and oxygen atoms in total. The van der Waals surface area contributed by atoms with E-state index < -0.39 is 0 Å². The molecule has 1 aliphatic carbocycles. The lowest BCUT2D eigenvalue weighted by atomic mass is 10.1. The van der Waals surface area contributed by atoms with E-state index in [9.17, 15) is 0 Å². The Morgan fingerprint density at radius 3 is 2.75 bits per heavy atom. The number of benzene rings is 1. The smallest absolute Gasteiger partial charge is 0.0713 e. The number of nitrogens with one attached hydrogen (secondary N) is 1. The summed E-state index contributed by atoms with van der Waals surface area (Å²) in [7, 11) is 1.74. The number of ether oxygens (including phenoxy) is 1. The third kappa shape index (κ3) is 3.32. The molecule has 0 heterocycles. The summed E-state index contributed by atoms with van der Waals surface area (Å²) in [5.41, 5.74) is 2.62. The van der Waals surface area contributed by atoms with Crippen LogP contribution in [-0.4, -0.2) is 13.2 Å². The fourth-order valence-electron chi connectivity index (χ4n) is 2.39. The predicted octanol–water partition coefficient (Wildman–Crippen LogP) is 2.87. The van der Waals surface area contributed by atoms with Gasteiger partial charge in [0.05, 0.1) is 6.61 Å². The normalized spacial score (nSPS) is 16.8. The minimum Gasteiger partial charge on any atom is -0.380 e. The van der Waals surface area contributed by atoms with Crippen LogP contribution in [0.1, 0.15) is 36.8 Å². The van der Waals surface area contributed by atoms with Crippen LogP contribution in [0.15, 0.2) is 24.3 Å². The van der Waals surface area contributed by atoms with Crippen LogP contribution in [0.25, 0.3) is 0 Å². The molecule has 0 amide bonds. The Balaban J connectivity index is 1.85. The topological polar surface area (TPSA) is 21.3 Å². The van der Waals surface area contributed by atoms with E-state index in [1.807, 2.05) is 0 Å². The Labute approximate surface area is 98.0 Å². The van der Waals surface area contributed by atoms with Crippen LogP contribution in [0.3, 0.4) is 0 Å². The molecule has 0 aromatic heterocycles. The second kappa shape index (κ2) is 6.02. The predicted molar refractivity (Wildman–Crippen MR) is 66.3 cm³/mol. The molecule has 0 bridgehead atoms. The van der Waals surface area contributed by atoms with E-state index in [4.69, 9.17) is 4.74 Å². The number of hydrogen-bond acceptors (Lipinski definition) is 2. The van der Waals surface area contributed by atoms with Gasteiger partial charge in [0.25, 0.3) is 0 Å². The zero-order valence-electron chi connectivity index (χ0n) is 10.0. The largest absolute Gasteiger partial charge is 0.380 e. The maximum absolute atomic E-state index is 5.14. The average molecular weight is 219 g/mol. The lowest BCUT2D eigenvalue weighted by molar-refractivity contribution is 0.185. The van der Waals surface area contributed by atoms with Crippen molar-refractivity contribution in [2.75, 3.05) is 7.11 Å². The molecule has 0 atom stereocenters. The molecule has 0 radical (unpaired) electrons. The molecule has 88 valence electrons. The monoisotopic (exact) mass is 219 g/mol. The molecule has 1 saturated carbocycles. The zero-order valence-corrected chi connectivity index (χ0v) is 10.0. The second-order valence-corrected chi connectivity index (χ2v) is 4.62. The molecule has 1 aliphatic rings. The summed E-state index contributed by atoms with van der Waals surface area (Å²) in [4.78, 5) is 0. The van der Waals surface area contributed by atoms with E-state index in [-0.39, 0.29) is 0 Å². The van der Waals surface area contributed by atoms with Gasteiger partial charge >= 0.3 is 0 Å². The first-order valence-electron chi connectivity index (χ1n) is 6.18. The molecule has 2 rings (SSSR count). The minimum atomic E-state index is 0.706. The van der Waals surface area contributed by atoms with Gasteiger partial charge in [0.15, 0.2) is 0 Å². The van der Waals surface area contributed by atoms with E-state index >= 15 is 0 Å². The molecule has 0 saturated heterocycles. The fraction of sp³-hybridized carbons (Fsp3) is 0.571. The maximum Gasteiger partial charge on any atom is 0.0713 e. The van der Waals surface area contributed by atoms with Crippen molar-refractivity contribution in [2.45, 2.75) is 44.9 Å². The molecule has 2 heteroatoms. The fourth-order valence-corrected chi connectivity index (χ4v) is 2.39. The number of hydrogen-bond donors (Lipinski definition) is 1. The summed E-state index contributed by atoms with van der Waals surface area (Å²) < 4.78 is 5.14. The number of methoxy groups -OCH3 is 1. The van der Waals surface area contributed by atoms with E-state index in [1.165, 1.54) is 36.8 Å². The third-order valence-electron chi connectivity index (χ3n) is 3.25. The molecular weight excluding hydrogens is 198 g/mol. The molecular formula is C14H21NO. The van der Waals surface area contributed by atoms with Gasteiger partial charge in [-0.3, -0.25) is 0 Å². The SMILES string of the molecule is COCc1cccc(CNC2CCCC2)c1. The van der Waals surface area contributed by atoms with E-state index in [2.05, 4.69) is 29.6 Å². The van der Waals surface area contributed by atoms with Crippen molar-refractivity contribution in [3.8, 4) is 0 Å². The summed E-state index contributed by atoms with van der Waals surface area (Å²) >= 11 is 0. The highest BCUT2D eigenvalue weighted by Gasteiger charge is 2.13. The van der Waals surface area contributed by atoms with Gasteiger partial charge in [-0.1, -0.05) is 37.1 Å². The van der Waals surface area contributed by atoms with Crippen LogP contribution in [-0.2, 0) is 17.9 Å². The first-order valence-corrected chi connectivity index (χ1v) is 6.18. The van der Waals surface area contributed by atoms with Crippen molar-refractivity contribution >= 4 is 0 Å². The zero-order chi connectivity index (χ0) is 11.2. The van der Waals surface area contributed by atoms with Gasteiger partial charge in [0.2, 0.25) is 0 Å². The summed E-state index contributed by atoms with van der Waals surface area (Å²) in [5, 5.41) is 3.63. The van der Waals surface area contributed by atoms with Crippen LogP contribution >= 0.6 is 0 Å². The number of rotatable bonds is 5. The molecule has 16 heavy (non-hydrogen) atoms. The summed E-state index contributed by atoms with van der Waals surface area (Å²) in [5.74, 6) is 0. The Morgan fingerprint density at radius 1 is 1.25 bits per heavy atom. The quantitative estimate of drug-likeness (QED) is 0.822. The first kappa shape index (κ1) is 11.6. The Kier molecular flexibility index (Phi) is 4.37. The van der Waals surface area contributed by atoms with Crippen LogP contribution < -0.4 is 5.32 Å². The highest BCUT2D eigenvalue weighted by Crippen LogP contribution is 2.18. The maximum atomic E-state index is 5.14. The van der Waals surface area contributed by atoms with Crippen molar-refractivity contribution in [2.24, 2.45) is 0 Å². The lowest BCUT2D eigenvalue weighted by Gasteiger charge is -2.12.